The van der Waals surface area contributed by atoms with E-state index in [1.807, 2.05) is 6.92 Å². The summed E-state index contributed by atoms with van der Waals surface area (Å²) < 4.78 is 43.7. The molecule has 1 unspecified atom stereocenters. The van der Waals surface area contributed by atoms with Crippen LogP contribution in [-0.2, 0) is 4.79 Å². The predicted octanol–water partition coefficient (Wildman–Crippen LogP) is 4.55. The van der Waals surface area contributed by atoms with Crippen LogP contribution in [0.25, 0.3) is 11.1 Å². The molecule has 1 aliphatic heterocycles. The molecule has 1 N–H and O–H groups in total. The minimum Gasteiger partial charge on any atom is -0.619 e. The van der Waals surface area contributed by atoms with Crippen LogP contribution in [0.3, 0.4) is 0 Å². The standard InChI is InChI=1S/C27H21ClF3N7O3/c1-13(17-6-32-27(33-7-17)37-11-14-5-20(14)26(37)40)38-12-18(8-34-38)35-25(39)16-4-15(9-36(41)10-16)22-19(24(30)31)2-3-21(28)23(22)29/h2-4,6-10,12-14,20,24H,5,11H2,1H3,(H,35,39)/t13?,14-,20-/m1/s1. The molecule has 2 aliphatic rings. The second-order valence-corrected chi connectivity index (χ2v) is 10.4. The fourth-order valence-corrected chi connectivity index (χ4v) is 5.13. The predicted molar refractivity (Wildman–Crippen MR) is 141 cm³/mol. The van der Waals surface area contributed by atoms with Crippen molar-refractivity contribution in [2.24, 2.45) is 11.8 Å². The topological polar surface area (TPSA) is 120 Å². The first-order valence-corrected chi connectivity index (χ1v) is 13.0. The maximum Gasteiger partial charge on any atom is 0.264 e. The minimum atomic E-state index is -3.04. The Labute approximate surface area is 236 Å². The van der Waals surface area contributed by atoms with E-state index in [1.165, 1.54) is 6.20 Å². The summed E-state index contributed by atoms with van der Waals surface area (Å²) in [5, 5.41) is 18.7. The van der Waals surface area contributed by atoms with Gasteiger partial charge in [-0.2, -0.15) is 9.83 Å². The number of fused-ring (bicyclic) bond motifs is 1. The highest BCUT2D eigenvalue weighted by Gasteiger charge is 2.53. The number of alkyl halides is 2. The van der Waals surface area contributed by atoms with Crippen LogP contribution < -0.4 is 14.9 Å². The smallest absolute Gasteiger partial charge is 0.264 e. The Bertz CT molecular complexity index is 1680. The summed E-state index contributed by atoms with van der Waals surface area (Å²) in [6.07, 6.45) is 5.88. The number of aromatic nitrogens is 5. The lowest BCUT2D eigenvalue weighted by molar-refractivity contribution is -0.604. The van der Waals surface area contributed by atoms with Gasteiger partial charge in [0.2, 0.25) is 11.9 Å². The number of carbonyl (C=O) groups excluding carboxylic acids is 2. The molecule has 10 nitrogen and oxygen atoms in total. The summed E-state index contributed by atoms with van der Waals surface area (Å²) in [7, 11) is 0. The number of rotatable bonds is 7. The van der Waals surface area contributed by atoms with Crippen LogP contribution in [-0.4, -0.2) is 38.1 Å². The number of halogens is 4. The first-order chi connectivity index (χ1) is 19.6. The highest BCUT2D eigenvalue weighted by atomic mass is 35.5. The molecule has 3 atom stereocenters. The summed E-state index contributed by atoms with van der Waals surface area (Å²) in [5.74, 6) is -0.948. The van der Waals surface area contributed by atoms with Crippen LogP contribution in [0.15, 0.2) is 55.4 Å². The summed E-state index contributed by atoms with van der Waals surface area (Å²) in [5.41, 5.74) is -0.663. The van der Waals surface area contributed by atoms with Gasteiger partial charge >= 0.3 is 0 Å². The number of piperidine rings is 1. The number of benzene rings is 1. The molecular formula is C27H21ClF3N7O3. The molecule has 41 heavy (non-hydrogen) atoms. The summed E-state index contributed by atoms with van der Waals surface area (Å²) in [4.78, 5) is 35.5. The van der Waals surface area contributed by atoms with Gasteiger partial charge in [0.25, 0.3) is 12.3 Å². The van der Waals surface area contributed by atoms with Gasteiger partial charge in [-0.15, -0.1) is 0 Å². The SMILES string of the molecule is CC(c1cnc(N2C[C@H]3C[C@H]3C2=O)nc1)n1cc(NC(=O)c2cc(-c3c(C(F)F)ccc(Cl)c3F)c[n+]([O-])c2)cn1. The number of nitrogens with zero attached hydrogens (tertiary/aromatic N) is 6. The Kier molecular flexibility index (Phi) is 6.60. The normalized spacial score (nSPS) is 18.5. The molecule has 1 saturated heterocycles. The summed E-state index contributed by atoms with van der Waals surface area (Å²) in [6, 6.07) is 2.77. The number of hydrogen-bond acceptors (Lipinski definition) is 6. The molecule has 0 spiro atoms. The zero-order chi connectivity index (χ0) is 29.0. The fourth-order valence-electron chi connectivity index (χ4n) is 4.97. The molecule has 2 amide bonds. The van der Waals surface area contributed by atoms with Crippen LogP contribution >= 0.6 is 11.6 Å². The van der Waals surface area contributed by atoms with E-state index in [-0.39, 0.29) is 39.4 Å². The van der Waals surface area contributed by atoms with Crippen molar-refractivity contribution in [1.29, 1.82) is 0 Å². The molecule has 210 valence electrons. The van der Waals surface area contributed by atoms with Crippen molar-refractivity contribution >= 4 is 35.1 Å². The van der Waals surface area contributed by atoms with Gasteiger partial charge in [0.05, 0.1) is 28.5 Å². The molecule has 1 aliphatic carbocycles. The van der Waals surface area contributed by atoms with Gasteiger partial charge in [0.1, 0.15) is 11.4 Å². The summed E-state index contributed by atoms with van der Waals surface area (Å²) >= 11 is 5.79. The van der Waals surface area contributed by atoms with Gasteiger partial charge < -0.3 is 10.5 Å². The van der Waals surface area contributed by atoms with Gasteiger partial charge in [-0.3, -0.25) is 19.2 Å². The number of hydrogen-bond donors (Lipinski definition) is 1. The van der Waals surface area contributed by atoms with Gasteiger partial charge in [-0.05, 0) is 31.4 Å². The molecule has 0 radical (unpaired) electrons. The van der Waals surface area contributed by atoms with Crippen molar-refractivity contribution in [2.75, 3.05) is 16.8 Å². The van der Waals surface area contributed by atoms with Crippen LogP contribution in [0.5, 0.6) is 0 Å². The Balaban J connectivity index is 1.19. The molecule has 6 rings (SSSR count). The average Bonchev–Trinajstić information content (AvgIpc) is 3.45. The zero-order valence-corrected chi connectivity index (χ0v) is 22.1. The highest BCUT2D eigenvalue weighted by molar-refractivity contribution is 6.31. The van der Waals surface area contributed by atoms with Gasteiger partial charge in [0, 0.05) is 47.7 Å². The lowest BCUT2D eigenvalue weighted by Crippen LogP contribution is -2.29. The molecule has 2 fully saturated rings. The Morgan fingerprint density at radius 3 is 2.66 bits per heavy atom. The van der Waals surface area contributed by atoms with Crippen LogP contribution in [0.2, 0.25) is 5.02 Å². The number of pyridine rings is 1. The number of nitrogens with one attached hydrogen (secondary N) is 1. The first kappa shape index (κ1) is 26.7. The first-order valence-electron chi connectivity index (χ1n) is 12.6. The number of amides is 2. The molecule has 14 heteroatoms. The molecule has 4 heterocycles. The Morgan fingerprint density at radius 1 is 1.22 bits per heavy atom. The van der Waals surface area contributed by atoms with Crippen molar-refractivity contribution in [1.82, 2.24) is 19.7 Å². The minimum absolute atomic E-state index is 0.0588. The monoisotopic (exact) mass is 583 g/mol. The van der Waals surface area contributed by atoms with Crippen LogP contribution in [0.4, 0.5) is 24.8 Å². The Hall–Kier alpha value is -4.52. The van der Waals surface area contributed by atoms with E-state index in [0.717, 1.165) is 37.0 Å². The Morgan fingerprint density at radius 2 is 1.98 bits per heavy atom. The van der Waals surface area contributed by atoms with Gasteiger partial charge in [-0.25, -0.2) is 23.1 Å². The average molecular weight is 584 g/mol. The molecule has 4 aromatic rings. The van der Waals surface area contributed by atoms with Crippen molar-refractivity contribution in [2.45, 2.75) is 25.8 Å². The molecule has 0 bridgehead atoms. The van der Waals surface area contributed by atoms with Crippen LogP contribution in [0, 0.1) is 22.9 Å². The maximum atomic E-state index is 14.8. The van der Waals surface area contributed by atoms with Gasteiger partial charge in [-0.1, -0.05) is 17.7 Å². The maximum absolute atomic E-state index is 14.8. The van der Waals surface area contributed by atoms with E-state index in [2.05, 4.69) is 20.4 Å². The second-order valence-electron chi connectivity index (χ2n) is 10.0. The highest BCUT2D eigenvalue weighted by Crippen LogP contribution is 2.46. The molecule has 1 aromatic carbocycles. The number of carbonyl (C=O) groups is 2. The fraction of sp³-hybridized carbons (Fsp3) is 0.259. The largest absolute Gasteiger partial charge is 0.619 e. The van der Waals surface area contributed by atoms with E-state index in [4.69, 9.17) is 11.6 Å². The molecule has 1 saturated carbocycles. The lowest BCUT2D eigenvalue weighted by atomic mass is 9.99. The van der Waals surface area contributed by atoms with E-state index < -0.39 is 34.3 Å². The third kappa shape index (κ3) is 4.97. The third-order valence-electron chi connectivity index (χ3n) is 7.32. The van der Waals surface area contributed by atoms with Crippen molar-refractivity contribution in [3.63, 3.8) is 0 Å². The molecule has 3 aromatic heterocycles. The lowest BCUT2D eigenvalue weighted by Gasteiger charge is -2.17. The second kappa shape index (κ2) is 10.1. The summed E-state index contributed by atoms with van der Waals surface area (Å²) in [6.45, 7) is 2.48. The quantitative estimate of drug-likeness (QED) is 0.252. The van der Waals surface area contributed by atoms with E-state index >= 15 is 0 Å². The van der Waals surface area contributed by atoms with Gasteiger partial charge in [0.15, 0.2) is 12.4 Å². The van der Waals surface area contributed by atoms with Crippen molar-refractivity contribution < 1.29 is 27.5 Å². The molecular weight excluding hydrogens is 563 g/mol. The van der Waals surface area contributed by atoms with E-state index in [0.29, 0.717) is 24.0 Å². The van der Waals surface area contributed by atoms with Crippen molar-refractivity contribution in [3.05, 3.63) is 88.1 Å². The van der Waals surface area contributed by atoms with Crippen LogP contribution in [0.1, 0.15) is 47.3 Å². The van der Waals surface area contributed by atoms with E-state index in [1.54, 1.807) is 28.2 Å². The zero-order valence-electron chi connectivity index (χ0n) is 21.3. The van der Waals surface area contributed by atoms with Crippen molar-refractivity contribution in [3.8, 4) is 11.1 Å². The third-order valence-corrected chi connectivity index (χ3v) is 7.61. The number of anilines is 2. The van der Waals surface area contributed by atoms with E-state index in [9.17, 15) is 28.0 Å².